The van der Waals surface area contributed by atoms with Gasteiger partial charge in [0.05, 0.1) is 18.6 Å². The van der Waals surface area contributed by atoms with Crippen molar-refractivity contribution in [2.24, 2.45) is 11.8 Å². The smallest absolute Gasteiger partial charge is 0.313 e. The molecular formula is C35H47N3O7. The summed E-state index contributed by atoms with van der Waals surface area (Å²) in [6.45, 7) is 5.00. The number of rotatable bonds is 10. The molecular weight excluding hydrogens is 574 g/mol. The molecule has 244 valence electrons. The number of allylic oxidation sites excluding steroid dienone is 1. The number of fused-ring (bicyclic) bond motifs is 2. The van der Waals surface area contributed by atoms with E-state index in [9.17, 15) is 24.3 Å². The Bertz CT molecular complexity index is 1280. The normalized spacial score (nSPS) is 31.6. The third-order valence-electron chi connectivity index (χ3n) is 9.63. The van der Waals surface area contributed by atoms with Crippen LogP contribution in [0.5, 0.6) is 0 Å². The number of nitrogens with one attached hydrogen (secondary N) is 1. The predicted octanol–water partition coefficient (Wildman–Crippen LogP) is 3.46. The molecule has 0 aromatic heterocycles. The number of aliphatic hydroxyl groups excluding tert-OH is 1. The summed E-state index contributed by atoms with van der Waals surface area (Å²) in [7, 11) is 0. The van der Waals surface area contributed by atoms with Crippen LogP contribution in [0.1, 0.15) is 76.9 Å². The monoisotopic (exact) mass is 621 g/mol. The Hall–Kier alpha value is -3.50. The molecule has 2 N–H and O–H groups in total. The Morgan fingerprint density at radius 1 is 1.04 bits per heavy atom. The van der Waals surface area contributed by atoms with Gasteiger partial charge in [-0.05, 0) is 38.2 Å². The van der Waals surface area contributed by atoms with Crippen molar-refractivity contribution in [1.82, 2.24) is 15.1 Å². The molecule has 0 radical (unpaired) electrons. The second kappa shape index (κ2) is 14.7. The lowest BCUT2D eigenvalue weighted by Crippen LogP contribution is -2.57. The van der Waals surface area contributed by atoms with Gasteiger partial charge in [-0.1, -0.05) is 80.8 Å². The molecule has 4 heterocycles. The molecule has 1 aromatic rings. The lowest BCUT2D eigenvalue weighted by atomic mass is 9.74. The van der Waals surface area contributed by atoms with Crippen LogP contribution >= 0.6 is 0 Å². The Morgan fingerprint density at radius 3 is 2.58 bits per heavy atom. The highest BCUT2D eigenvalue weighted by Crippen LogP contribution is 2.56. The molecule has 45 heavy (non-hydrogen) atoms. The summed E-state index contributed by atoms with van der Waals surface area (Å²) in [5, 5.41) is 12.1. The highest BCUT2D eigenvalue weighted by molar-refractivity contribution is 5.99. The number of hydrogen-bond acceptors (Lipinski definition) is 7. The Morgan fingerprint density at radius 2 is 1.82 bits per heavy atom. The van der Waals surface area contributed by atoms with Gasteiger partial charge in [0.15, 0.2) is 0 Å². The Balaban J connectivity index is 1.52. The van der Waals surface area contributed by atoms with Crippen molar-refractivity contribution in [3.63, 3.8) is 0 Å². The molecule has 2 fully saturated rings. The number of unbranched alkanes of at least 4 members (excludes halogenated alkanes) is 3. The van der Waals surface area contributed by atoms with Crippen molar-refractivity contribution in [1.29, 1.82) is 0 Å². The number of hydrogen-bond donors (Lipinski definition) is 2. The molecule has 4 aliphatic heterocycles. The first-order valence-corrected chi connectivity index (χ1v) is 16.6. The van der Waals surface area contributed by atoms with Gasteiger partial charge in [-0.2, -0.15) is 0 Å². The molecule has 3 amide bonds. The van der Waals surface area contributed by atoms with Crippen molar-refractivity contribution in [2.75, 3.05) is 26.2 Å². The van der Waals surface area contributed by atoms with E-state index < -0.39 is 41.7 Å². The maximum Gasteiger partial charge on any atom is 0.313 e. The zero-order chi connectivity index (χ0) is 32.0. The van der Waals surface area contributed by atoms with Crippen LogP contribution in [0.2, 0.25) is 0 Å². The van der Waals surface area contributed by atoms with Gasteiger partial charge >= 0.3 is 5.97 Å². The number of likely N-dealkylation sites (tertiary alicyclic amines) is 1. The topological polar surface area (TPSA) is 125 Å². The first-order valence-electron chi connectivity index (χ1n) is 16.6. The molecule has 5 bridgehead atoms. The number of amides is 3. The quantitative estimate of drug-likeness (QED) is 0.233. The van der Waals surface area contributed by atoms with E-state index in [2.05, 4.69) is 12.2 Å². The first kappa shape index (κ1) is 32.9. The summed E-state index contributed by atoms with van der Waals surface area (Å²) in [4.78, 5) is 59.2. The molecule has 0 saturated carbocycles. The van der Waals surface area contributed by atoms with Gasteiger partial charge in [0.25, 0.3) is 0 Å². The van der Waals surface area contributed by atoms with Crippen LogP contribution in [0.3, 0.4) is 0 Å². The number of esters is 1. The lowest BCUT2D eigenvalue weighted by Gasteiger charge is -2.38. The van der Waals surface area contributed by atoms with E-state index in [-0.39, 0.29) is 43.3 Å². The minimum absolute atomic E-state index is 0.0931. The fourth-order valence-corrected chi connectivity index (χ4v) is 7.35. The van der Waals surface area contributed by atoms with E-state index in [1.807, 2.05) is 60.4 Å². The average Bonchev–Trinajstić information content (AvgIpc) is 3.68. The summed E-state index contributed by atoms with van der Waals surface area (Å²) < 4.78 is 12.6. The maximum absolute atomic E-state index is 14.7. The number of cyclic esters (lactones) is 1. The number of aliphatic hydroxyl groups is 1. The molecule has 5 rings (SSSR count). The summed E-state index contributed by atoms with van der Waals surface area (Å²) in [5.41, 5.74) is -0.541. The number of benzene rings is 1. The lowest BCUT2D eigenvalue weighted by molar-refractivity contribution is -0.159. The van der Waals surface area contributed by atoms with Gasteiger partial charge in [0.1, 0.15) is 23.7 Å². The molecule has 0 aliphatic carbocycles. The summed E-state index contributed by atoms with van der Waals surface area (Å²) >= 11 is 0. The number of carbonyl (C=O) groups is 4. The van der Waals surface area contributed by atoms with Crippen molar-refractivity contribution < 1.29 is 33.8 Å². The molecule has 1 unspecified atom stereocenters. The van der Waals surface area contributed by atoms with Crippen LogP contribution < -0.4 is 5.32 Å². The molecule has 10 heteroatoms. The van der Waals surface area contributed by atoms with E-state index in [1.165, 1.54) is 0 Å². The predicted molar refractivity (Wildman–Crippen MR) is 168 cm³/mol. The minimum Gasteiger partial charge on any atom is -0.455 e. The molecule has 1 aromatic carbocycles. The third kappa shape index (κ3) is 6.72. The van der Waals surface area contributed by atoms with Gasteiger partial charge < -0.3 is 29.7 Å². The molecule has 1 spiro atoms. The van der Waals surface area contributed by atoms with Crippen molar-refractivity contribution in [2.45, 2.75) is 95.1 Å². The van der Waals surface area contributed by atoms with E-state index in [1.54, 1.807) is 11.0 Å². The van der Waals surface area contributed by atoms with Crippen molar-refractivity contribution >= 4 is 23.7 Å². The van der Waals surface area contributed by atoms with Crippen LogP contribution in [-0.4, -0.2) is 88.6 Å². The molecule has 7 atom stereocenters. The van der Waals surface area contributed by atoms with Gasteiger partial charge in [-0.25, -0.2) is 0 Å². The average molecular weight is 622 g/mol. The zero-order valence-corrected chi connectivity index (χ0v) is 26.4. The number of ether oxygens (including phenoxy) is 2. The van der Waals surface area contributed by atoms with E-state index >= 15 is 0 Å². The number of carbonyl (C=O) groups excluding carboxylic acids is 4. The van der Waals surface area contributed by atoms with Crippen LogP contribution in [0.4, 0.5) is 0 Å². The molecule has 2 saturated heterocycles. The molecule has 10 nitrogen and oxygen atoms in total. The largest absolute Gasteiger partial charge is 0.455 e. The van der Waals surface area contributed by atoms with Gasteiger partial charge in [0, 0.05) is 32.2 Å². The summed E-state index contributed by atoms with van der Waals surface area (Å²) in [5.74, 6) is -3.03. The second-order valence-electron chi connectivity index (χ2n) is 12.6. The zero-order valence-electron chi connectivity index (χ0n) is 26.4. The van der Waals surface area contributed by atoms with Crippen LogP contribution in [0, 0.1) is 11.8 Å². The number of nitrogens with zero attached hydrogens (tertiary/aromatic N) is 2. The van der Waals surface area contributed by atoms with E-state index in [0.29, 0.717) is 32.4 Å². The highest BCUT2D eigenvalue weighted by Gasteiger charge is 2.73. The third-order valence-corrected chi connectivity index (χ3v) is 9.63. The van der Waals surface area contributed by atoms with Crippen molar-refractivity contribution in [3.05, 3.63) is 60.2 Å². The van der Waals surface area contributed by atoms with Crippen LogP contribution in [-0.2, 0) is 28.7 Å². The van der Waals surface area contributed by atoms with E-state index in [0.717, 1.165) is 31.2 Å². The standard InChI is InChI=1S/C35H47N3O7/c1-3-14-24(2)37-20-12-7-10-17-28(40)36-23-27(25-15-8-6-9-16-25)44-34(43)29-26-18-19-35(45-26)30(29)32(41)38(31(35)33(37)42)21-11-4-5-13-22-39/h6-9,12,15-16,18-19,24,26-27,29-31,39H,3-5,10-11,13-14,17,20-23H2,1-2H3,(H,36,40)/b12-7-/t24?,26-,27-,29+,30+,31-,35+/m1/s1. The highest BCUT2D eigenvalue weighted by atomic mass is 16.6. The summed E-state index contributed by atoms with van der Waals surface area (Å²) in [6.07, 6.45) is 11.4. The van der Waals surface area contributed by atoms with Gasteiger partial charge in [-0.15, -0.1) is 0 Å². The second-order valence-corrected chi connectivity index (χ2v) is 12.6. The van der Waals surface area contributed by atoms with Crippen molar-refractivity contribution in [3.8, 4) is 0 Å². The Labute approximate surface area is 265 Å². The maximum atomic E-state index is 14.7. The van der Waals surface area contributed by atoms with Gasteiger partial charge in [0.2, 0.25) is 17.7 Å². The van der Waals surface area contributed by atoms with Crippen LogP contribution in [0.25, 0.3) is 0 Å². The van der Waals surface area contributed by atoms with E-state index in [4.69, 9.17) is 9.47 Å². The summed E-state index contributed by atoms with van der Waals surface area (Å²) in [6, 6.07) is 8.23. The fourth-order valence-electron chi connectivity index (χ4n) is 7.35. The fraction of sp³-hybridized carbons (Fsp3) is 0.600. The van der Waals surface area contributed by atoms with Crippen LogP contribution in [0.15, 0.2) is 54.6 Å². The Kier molecular flexibility index (Phi) is 10.8. The molecule has 4 aliphatic rings. The SMILES string of the molecule is CCCC(C)N1C/C=C\CCC(=O)NC[C@H](c2ccccc2)OC(=O)[C@@H]2[C@H]3C(=O)N(CCCCCCO)[C@H](C1=O)[C@]31C=C[C@H]2O1. The first-order chi connectivity index (χ1) is 21.8. The van der Waals surface area contributed by atoms with Gasteiger partial charge in [-0.3, -0.25) is 19.2 Å². The minimum atomic E-state index is -1.27.